The maximum Gasteiger partial charge on any atom is 0.326 e. The highest BCUT2D eigenvalue weighted by molar-refractivity contribution is 5.91. The van der Waals surface area contributed by atoms with Crippen molar-refractivity contribution in [2.75, 3.05) is 13.2 Å². The minimum atomic E-state index is -1.53. The summed E-state index contributed by atoms with van der Waals surface area (Å²) in [4.78, 5) is 66.8. The van der Waals surface area contributed by atoms with Crippen LogP contribution in [0.4, 0.5) is 8.78 Å². The summed E-state index contributed by atoms with van der Waals surface area (Å²) in [7, 11) is 0. The number of aliphatic hydroxyl groups excluding tert-OH is 1. The monoisotopic (exact) mass is 816 g/mol. The first-order valence-corrected chi connectivity index (χ1v) is 19.5. The minimum absolute atomic E-state index is 0.00308. The predicted molar refractivity (Wildman–Crippen MR) is 217 cm³/mol. The van der Waals surface area contributed by atoms with Crippen LogP contribution in [0.5, 0.6) is 0 Å². The van der Waals surface area contributed by atoms with E-state index in [1.807, 2.05) is 73.9 Å². The molecule has 1 heterocycles. The smallest absolute Gasteiger partial charge is 0.326 e. The van der Waals surface area contributed by atoms with Gasteiger partial charge in [0, 0.05) is 36.1 Å². The molecule has 0 bridgehead atoms. The van der Waals surface area contributed by atoms with Gasteiger partial charge in [-0.25, -0.2) is 13.6 Å². The molecule has 0 aliphatic rings. The molecule has 0 saturated carbocycles. The van der Waals surface area contributed by atoms with Gasteiger partial charge in [0.1, 0.15) is 36.9 Å². The van der Waals surface area contributed by atoms with Gasteiger partial charge in [0.15, 0.2) is 0 Å². The summed E-state index contributed by atoms with van der Waals surface area (Å²) in [6, 6.07) is 19.6. The van der Waals surface area contributed by atoms with Gasteiger partial charge in [-0.2, -0.15) is 0 Å². The number of carboxylic acid groups (broad SMARTS) is 1. The number of nitrogens with one attached hydrogen (secondary N) is 2. The number of aliphatic hydroxyl groups is 1. The van der Waals surface area contributed by atoms with E-state index in [4.69, 9.17) is 4.74 Å². The number of esters is 1. The van der Waals surface area contributed by atoms with Gasteiger partial charge < -0.3 is 35.1 Å². The summed E-state index contributed by atoms with van der Waals surface area (Å²) in [5.41, 5.74) is 1.75. The molecule has 316 valence electrons. The molecule has 3 amide bonds. The van der Waals surface area contributed by atoms with Crippen LogP contribution in [-0.4, -0.2) is 74.6 Å². The lowest BCUT2D eigenvalue weighted by atomic mass is 9.82. The Morgan fingerprint density at radius 1 is 0.847 bits per heavy atom. The summed E-state index contributed by atoms with van der Waals surface area (Å²) >= 11 is 0. The Morgan fingerprint density at radius 3 is 2.05 bits per heavy atom. The fourth-order valence-corrected chi connectivity index (χ4v) is 6.92. The summed E-state index contributed by atoms with van der Waals surface area (Å²) in [5.74, 6) is -6.56. The number of carboxylic acids is 1. The van der Waals surface area contributed by atoms with Crippen molar-refractivity contribution < 1.29 is 47.7 Å². The van der Waals surface area contributed by atoms with Gasteiger partial charge in [-0.15, -0.1) is 0 Å². The van der Waals surface area contributed by atoms with Gasteiger partial charge in [-0.1, -0.05) is 95.3 Å². The predicted octanol–water partition coefficient (Wildman–Crippen LogP) is 6.26. The van der Waals surface area contributed by atoms with Crippen LogP contribution in [-0.2, 0) is 41.9 Å². The van der Waals surface area contributed by atoms with Crippen molar-refractivity contribution in [3.8, 4) is 11.1 Å². The van der Waals surface area contributed by atoms with E-state index >= 15 is 4.39 Å². The van der Waals surface area contributed by atoms with Crippen LogP contribution in [0, 0.1) is 28.9 Å². The number of hydrogen-bond donors (Lipinski definition) is 4. The molecule has 0 spiro atoms. The van der Waals surface area contributed by atoms with Crippen molar-refractivity contribution in [3.05, 3.63) is 120 Å². The number of ether oxygens (including phenoxy) is 1. The Kier molecular flexibility index (Phi) is 16.1. The Morgan fingerprint density at radius 2 is 1.47 bits per heavy atom. The van der Waals surface area contributed by atoms with Gasteiger partial charge in [-0.3, -0.25) is 19.2 Å². The fraction of sp³-hybridized carbons (Fsp3) is 0.400. The number of aliphatic carboxylic acids is 1. The number of carbonyl (C=O) groups is 5. The molecule has 0 unspecified atom stereocenters. The number of halogens is 2. The third-order valence-corrected chi connectivity index (χ3v) is 10.0. The highest BCUT2D eigenvalue weighted by Gasteiger charge is 2.38. The molecule has 4 N–H and O–H groups in total. The molecule has 59 heavy (non-hydrogen) atoms. The number of nitrogens with zero attached hydrogens (tertiary/aromatic N) is 2. The molecule has 0 aliphatic heterocycles. The van der Waals surface area contributed by atoms with E-state index in [-0.39, 0.29) is 44.0 Å². The van der Waals surface area contributed by atoms with E-state index in [2.05, 4.69) is 10.6 Å². The molecule has 0 saturated heterocycles. The van der Waals surface area contributed by atoms with Crippen molar-refractivity contribution in [1.29, 1.82) is 0 Å². The maximum absolute atomic E-state index is 15.1. The van der Waals surface area contributed by atoms with Gasteiger partial charge in [0.25, 0.3) is 0 Å². The van der Waals surface area contributed by atoms with E-state index in [9.17, 15) is 38.6 Å². The number of hydrogen-bond acceptors (Lipinski definition) is 7. The molecule has 0 aliphatic carbocycles. The number of rotatable bonds is 19. The number of amides is 3. The van der Waals surface area contributed by atoms with E-state index in [0.717, 1.165) is 29.3 Å². The molecule has 3 aromatic carbocycles. The SMILES string of the molecule is CC(C)[C@H](CC(=O)OCc1ccccc1)C(=O)N[C@@H](C)C(=O)N[C@@H](CCN(C(=O)CO)[C@@H](c1cc(-c2cc(F)ccc2F)cn1Cc1ccccc1)C(C)(C)C)C(=O)O. The standard InChI is InChI=1S/C45H54F2N4O8/c1-28(2)34(23-40(54)59-27-31-15-11-8-12-16-31)43(56)48-29(3)42(55)49-37(44(57)58)19-20-51(39(53)26-52)41(45(4,5)6)38-21-32(35-22-33(46)17-18-36(35)47)25-50(38)24-30-13-9-7-10-14-30/h7-18,21-22,25,28-29,34,37,41,52H,19-20,23-24,26-27H2,1-6H3,(H,48,56)(H,49,55)(H,57,58)/t29-,34-,37-,41-/m0/s1. The average molecular weight is 817 g/mol. The average Bonchev–Trinajstić information content (AvgIpc) is 3.59. The maximum atomic E-state index is 15.1. The van der Waals surface area contributed by atoms with Gasteiger partial charge in [0.2, 0.25) is 17.7 Å². The second kappa shape index (κ2) is 20.7. The van der Waals surface area contributed by atoms with E-state index < -0.39 is 77.4 Å². The number of carbonyl (C=O) groups excluding carboxylic acids is 4. The first kappa shape index (κ1) is 45.8. The molecule has 14 heteroatoms. The second-order valence-electron chi connectivity index (χ2n) is 16.0. The fourth-order valence-electron chi connectivity index (χ4n) is 6.92. The molecule has 4 atom stereocenters. The molecule has 1 aromatic heterocycles. The van der Waals surface area contributed by atoms with Crippen molar-refractivity contribution in [1.82, 2.24) is 20.1 Å². The molecule has 0 fully saturated rings. The Labute approximate surface area is 343 Å². The van der Waals surface area contributed by atoms with Crippen molar-refractivity contribution in [2.24, 2.45) is 17.3 Å². The largest absolute Gasteiger partial charge is 0.480 e. The normalized spacial score (nSPS) is 13.5. The zero-order valence-corrected chi connectivity index (χ0v) is 34.3. The summed E-state index contributed by atoms with van der Waals surface area (Å²) in [6.07, 6.45) is 1.13. The van der Waals surface area contributed by atoms with Gasteiger partial charge >= 0.3 is 11.9 Å². The lowest BCUT2D eigenvalue weighted by Crippen LogP contribution is -2.53. The number of aromatic nitrogens is 1. The van der Waals surface area contributed by atoms with E-state index in [0.29, 0.717) is 11.3 Å². The van der Waals surface area contributed by atoms with Crippen LogP contribution < -0.4 is 10.6 Å². The zero-order valence-electron chi connectivity index (χ0n) is 34.3. The molecule has 12 nitrogen and oxygen atoms in total. The lowest BCUT2D eigenvalue weighted by molar-refractivity contribution is -0.149. The molecular formula is C45H54F2N4O8. The summed E-state index contributed by atoms with van der Waals surface area (Å²) in [5, 5.41) is 25.4. The van der Waals surface area contributed by atoms with Crippen molar-refractivity contribution in [3.63, 3.8) is 0 Å². The molecule has 0 radical (unpaired) electrons. The van der Waals surface area contributed by atoms with Crippen molar-refractivity contribution >= 4 is 29.7 Å². The van der Waals surface area contributed by atoms with Gasteiger partial charge in [0.05, 0.1) is 18.4 Å². The minimum Gasteiger partial charge on any atom is -0.480 e. The van der Waals surface area contributed by atoms with E-state index in [1.54, 1.807) is 38.2 Å². The number of benzene rings is 3. The Hall–Kier alpha value is -5.89. The van der Waals surface area contributed by atoms with Crippen LogP contribution in [0.15, 0.2) is 91.1 Å². The van der Waals surface area contributed by atoms with E-state index in [1.165, 1.54) is 11.8 Å². The first-order valence-electron chi connectivity index (χ1n) is 19.5. The van der Waals surface area contributed by atoms with Crippen LogP contribution in [0.25, 0.3) is 11.1 Å². The molecule has 4 rings (SSSR count). The third kappa shape index (κ3) is 12.8. The quantitative estimate of drug-likeness (QED) is 0.0806. The van der Waals surface area contributed by atoms with Crippen LogP contribution in [0.3, 0.4) is 0 Å². The van der Waals surface area contributed by atoms with Crippen LogP contribution in [0.2, 0.25) is 0 Å². The van der Waals surface area contributed by atoms with Crippen LogP contribution >= 0.6 is 0 Å². The van der Waals surface area contributed by atoms with Crippen molar-refractivity contribution in [2.45, 2.75) is 85.7 Å². The first-order chi connectivity index (χ1) is 27.9. The van der Waals surface area contributed by atoms with Crippen LogP contribution in [0.1, 0.15) is 77.2 Å². The lowest BCUT2D eigenvalue weighted by Gasteiger charge is -2.41. The third-order valence-electron chi connectivity index (χ3n) is 10.0. The topological polar surface area (TPSA) is 167 Å². The molecular weight excluding hydrogens is 763 g/mol. The van der Waals surface area contributed by atoms with Gasteiger partial charge in [-0.05, 0) is 60.1 Å². The summed E-state index contributed by atoms with van der Waals surface area (Å²) < 4.78 is 36.7. The summed E-state index contributed by atoms with van der Waals surface area (Å²) in [6.45, 7) is 9.60. The zero-order chi connectivity index (χ0) is 43.4. The Balaban J connectivity index is 1.54. The second-order valence-corrected chi connectivity index (χ2v) is 16.0. The molecule has 4 aromatic rings. The highest BCUT2D eigenvalue weighted by Crippen LogP contribution is 2.41. The Bertz CT molecular complexity index is 2070. The highest BCUT2D eigenvalue weighted by atomic mass is 19.1.